The molecule has 2 heterocycles. The third-order valence-corrected chi connectivity index (χ3v) is 6.15. The second kappa shape index (κ2) is 6.60. The zero-order valence-corrected chi connectivity index (χ0v) is 16.5. The molecular weight excluding hydrogens is 336 g/mol. The van der Waals surface area contributed by atoms with E-state index in [9.17, 15) is 4.79 Å². The molecule has 0 spiro atoms. The van der Waals surface area contributed by atoms with Crippen LogP contribution in [0.15, 0.2) is 18.2 Å². The van der Waals surface area contributed by atoms with Gasteiger partial charge in [0.1, 0.15) is 0 Å². The van der Waals surface area contributed by atoms with Crippen molar-refractivity contribution in [2.24, 2.45) is 0 Å². The fourth-order valence-corrected chi connectivity index (χ4v) is 3.66. The summed E-state index contributed by atoms with van der Waals surface area (Å²) >= 11 is 6.48. The first-order valence-electron chi connectivity index (χ1n) is 9.08. The van der Waals surface area contributed by atoms with Crippen molar-refractivity contribution in [3.05, 3.63) is 28.8 Å². The number of hydrogen-bond acceptors (Lipinski definition) is 3. The van der Waals surface area contributed by atoms with Crippen molar-refractivity contribution < 1.29 is 14.1 Å². The average molecular weight is 364 g/mol. The van der Waals surface area contributed by atoms with Crippen molar-refractivity contribution in [2.45, 2.75) is 71.1 Å². The topological polar surface area (TPSA) is 38.8 Å². The highest BCUT2D eigenvalue weighted by molar-refractivity contribution is 6.65. The standard InChI is InChI=1S/C19H27BClNO3/c1-13-8-6-7-11-22(13)17(23)14-9-10-15(16(21)12-14)20-24-18(2,3)19(4,5)25-20/h9-10,12-13H,6-8,11H2,1-5H3. The van der Waals surface area contributed by atoms with E-state index in [4.69, 9.17) is 20.9 Å². The molecule has 25 heavy (non-hydrogen) atoms. The fourth-order valence-electron chi connectivity index (χ4n) is 3.39. The lowest BCUT2D eigenvalue weighted by molar-refractivity contribution is 0.00578. The maximum absolute atomic E-state index is 12.8. The fraction of sp³-hybridized carbons (Fsp3) is 0.632. The van der Waals surface area contributed by atoms with Crippen LogP contribution in [0.25, 0.3) is 0 Å². The molecule has 0 aliphatic carbocycles. The number of carbonyl (C=O) groups excluding carboxylic acids is 1. The molecule has 2 saturated heterocycles. The molecule has 1 aromatic rings. The van der Waals surface area contributed by atoms with Crippen LogP contribution in [-0.4, -0.2) is 41.7 Å². The maximum Gasteiger partial charge on any atom is 0.496 e. The molecule has 4 nitrogen and oxygen atoms in total. The Balaban J connectivity index is 1.81. The zero-order chi connectivity index (χ0) is 18.4. The van der Waals surface area contributed by atoms with Crippen molar-refractivity contribution in [1.82, 2.24) is 4.90 Å². The molecule has 0 saturated carbocycles. The smallest absolute Gasteiger partial charge is 0.399 e. The molecule has 3 rings (SSSR count). The van der Waals surface area contributed by atoms with Crippen molar-refractivity contribution in [3.63, 3.8) is 0 Å². The van der Waals surface area contributed by atoms with Crippen LogP contribution in [0.1, 0.15) is 64.2 Å². The van der Waals surface area contributed by atoms with Gasteiger partial charge in [-0.15, -0.1) is 0 Å². The summed E-state index contributed by atoms with van der Waals surface area (Å²) in [6.07, 6.45) is 3.31. The van der Waals surface area contributed by atoms with Crippen LogP contribution in [0.4, 0.5) is 0 Å². The van der Waals surface area contributed by atoms with E-state index in [0.717, 1.165) is 24.8 Å². The first kappa shape index (κ1) is 18.7. The molecule has 1 atom stereocenters. The third-order valence-electron chi connectivity index (χ3n) is 5.82. The average Bonchev–Trinajstić information content (AvgIpc) is 2.75. The van der Waals surface area contributed by atoms with Gasteiger partial charge in [-0.2, -0.15) is 0 Å². The summed E-state index contributed by atoms with van der Waals surface area (Å²) in [5.41, 5.74) is 0.555. The molecule has 1 aromatic carbocycles. The Morgan fingerprint density at radius 1 is 1.20 bits per heavy atom. The molecule has 1 unspecified atom stereocenters. The maximum atomic E-state index is 12.8. The minimum absolute atomic E-state index is 0.0505. The molecule has 0 aromatic heterocycles. The second-order valence-corrected chi connectivity index (χ2v) is 8.58. The summed E-state index contributed by atoms with van der Waals surface area (Å²) < 4.78 is 12.1. The van der Waals surface area contributed by atoms with Crippen LogP contribution in [-0.2, 0) is 9.31 Å². The van der Waals surface area contributed by atoms with Crippen LogP contribution in [0.5, 0.6) is 0 Å². The Morgan fingerprint density at radius 2 is 1.84 bits per heavy atom. The lowest BCUT2D eigenvalue weighted by Crippen LogP contribution is -2.42. The highest BCUT2D eigenvalue weighted by Crippen LogP contribution is 2.37. The Labute approximate surface area is 156 Å². The van der Waals surface area contributed by atoms with Gasteiger partial charge in [0, 0.05) is 28.6 Å². The van der Waals surface area contributed by atoms with Gasteiger partial charge in [-0.05, 0) is 66.0 Å². The van der Waals surface area contributed by atoms with Gasteiger partial charge in [0.2, 0.25) is 0 Å². The number of nitrogens with zero attached hydrogens (tertiary/aromatic N) is 1. The minimum atomic E-state index is -0.518. The Morgan fingerprint density at radius 3 is 2.40 bits per heavy atom. The minimum Gasteiger partial charge on any atom is -0.399 e. The van der Waals surface area contributed by atoms with Gasteiger partial charge in [0.25, 0.3) is 5.91 Å². The first-order valence-corrected chi connectivity index (χ1v) is 9.46. The van der Waals surface area contributed by atoms with Gasteiger partial charge in [-0.25, -0.2) is 0 Å². The summed E-state index contributed by atoms with van der Waals surface area (Å²) in [6, 6.07) is 5.70. The monoisotopic (exact) mass is 363 g/mol. The third kappa shape index (κ3) is 3.47. The SMILES string of the molecule is CC1CCCCN1C(=O)c1ccc(B2OC(C)(C)C(C)(C)O2)c(Cl)c1. The van der Waals surface area contributed by atoms with E-state index in [1.807, 2.05) is 44.7 Å². The highest BCUT2D eigenvalue weighted by atomic mass is 35.5. The lowest BCUT2D eigenvalue weighted by Gasteiger charge is -2.33. The molecule has 1 amide bonds. The molecule has 136 valence electrons. The highest BCUT2D eigenvalue weighted by Gasteiger charge is 2.52. The Hall–Kier alpha value is -1.04. The lowest BCUT2D eigenvalue weighted by atomic mass is 9.78. The number of benzene rings is 1. The number of rotatable bonds is 2. The first-order chi connectivity index (χ1) is 11.6. The van der Waals surface area contributed by atoms with Crippen LogP contribution < -0.4 is 5.46 Å². The number of hydrogen-bond donors (Lipinski definition) is 0. The molecule has 2 aliphatic rings. The van der Waals surface area contributed by atoms with Crippen molar-refractivity contribution in [2.75, 3.05) is 6.54 Å². The second-order valence-electron chi connectivity index (χ2n) is 8.17. The number of amides is 1. The van der Waals surface area contributed by atoms with Gasteiger partial charge in [0.15, 0.2) is 0 Å². The van der Waals surface area contributed by atoms with E-state index in [-0.39, 0.29) is 11.9 Å². The largest absolute Gasteiger partial charge is 0.496 e. The summed E-state index contributed by atoms with van der Waals surface area (Å²) in [5.74, 6) is 0.0505. The molecule has 2 fully saturated rings. The van der Waals surface area contributed by atoms with Gasteiger partial charge in [-0.3, -0.25) is 4.79 Å². The predicted molar refractivity (Wildman–Crippen MR) is 102 cm³/mol. The Bertz CT molecular complexity index is 661. The zero-order valence-electron chi connectivity index (χ0n) is 15.8. The van der Waals surface area contributed by atoms with E-state index in [1.54, 1.807) is 6.07 Å². The summed E-state index contributed by atoms with van der Waals surface area (Å²) in [7, 11) is -0.518. The van der Waals surface area contributed by atoms with Crippen molar-refractivity contribution >= 4 is 30.1 Å². The van der Waals surface area contributed by atoms with Crippen LogP contribution in [0.2, 0.25) is 5.02 Å². The molecule has 6 heteroatoms. The molecule has 2 aliphatic heterocycles. The Kier molecular flexibility index (Phi) is 4.95. The summed E-state index contributed by atoms with van der Waals surface area (Å²) in [6.45, 7) is 11.0. The van der Waals surface area contributed by atoms with E-state index in [1.165, 1.54) is 6.42 Å². The van der Waals surface area contributed by atoms with E-state index in [0.29, 0.717) is 10.6 Å². The van der Waals surface area contributed by atoms with Crippen molar-refractivity contribution in [3.8, 4) is 0 Å². The summed E-state index contributed by atoms with van der Waals surface area (Å²) in [4.78, 5) is 14.8. The van der Waals surface area contributed by atoms with Gasteiger partial charge in [-0.1, -0.05) is 17.7 Å². The van der Waals surface area contributed by atoms with E-state index >= 15 is 0 Å². The van der Waals surface area contributed by atoms with E-state index < -0.39 is 18.3 Å². The van der Waals surface area contributed by atoms with Crippen molar-refractivity contribution in [1.29, 1.82) is 0 Å². The van der Waals surface area contributed by atoms with Crippen LogP contribution >= 0.6 is 11.6 Å². The normalized spacial score (nSPS) is 25.3. The molecule has 0 radical (unpaired) electrons. The molecular formula is C19H27BClNO3. The summed E-state index contributed by atoms with van der Waals surface area (Å²) in [5, 5.41) is 0.508. The van der Waals surface area contributed by atoms with Gasteiger partial charge in [0.05, 0.1) is 11.2 Å². The molecule has 0 bridgehead atoms. The van der Waals surface area contributed by atoms with Gasteiger partial charge >= 0.3 is 7.12 Å². The number of likely N-dealkylation sites (tertiary alicyclic amines) is 1. The van der Waals surface area contributed by atoms with Crippen LogP contribution in [0.3, 0.4) is 0 Å². The van der Waals surface area contributed by atoms with E-state index in [2.05, 4.69) is 6.92 Å². The van der Waals surface area contributed by atoms with Crippen LogP contribution in [0, 0.1) is 0 Å². The number of carbonyl (C=O) groups is 1. The predicted octanol–water partition coefficient (Wildman–Crippen LogP) is 3.65. The number of halogens is 1. The quantitative estimate of drug-likeness (QED) is 0.753. The molecule has 0 N–H and O–H groups in total. The van der Waals surface area contributed by atoms with Gasteiger partial charge < -0.3 is 14.2 Å². The number of piperidine rings is 1.